The highest BCUT2D eigenvalue weighted by Gasteiger charge is 2.34. The summed E-state index contributed by atoms with van der Waals surface area (Å²) in [6, 6.07) is 13.4. The molecule has 3 aliphatic heterocycles. The van der Waals surface area contributed by atoms with Crippen molar-refractivity contribution in [2.45, 2.75) is 30.3 Å². The molecular formula is C28H29N7O3S. The van der Waals surface area contributed by atoms with Crippen molar-refractivity contribution in [3.05, 3.63) is 72.3 Å². The van der Waals surface area contributed by atoms with Crippen molar-refractivity contribution in [3.63, 3.8) is 0 Å². The largest absolute Gasteiger partial charge is 0.366 e. The van der Waals surface area contributed by atoms with Crippen LogP contribution in [-0.2, 0) is 16.4 Å². The van der Waals surface area contributed by atoms with Gasteiger partial charge in [-0.25, -0.2) is 18.4 Å². The zero-order chi connectivity index (χ0) is 27.0. The first-order valence-corrected chi connectivity index (χ1v) is 14.9. The molecule has 0 saturated carbocycles. The standard InChI is InChI=1S/C28H29N7O3S/c1-39(37,38)22-11-20(13-29-16-22)28(36)31-15-21-12-25-19(14-30-21)5-6-24(32-25)23-3-2-4-27(33-23)34-26-17-35-9-7-18(26)8-10-35/h2-6,11-14,16,18,26H,7-10,15,17H2,1H3,(H,31,36)(H,33,34)/t26-/m1/s1. The first-order chi connectivity index (χ1) is 18.8. The van der Waals surface area contributed by atoms with Crippen LogP contribution in [0.25, 0.3) is 22.3 Å². The SMILES string of the molecule is CS(=O)(=O)c1cncc(C(=O)NCc2cc3nc(-c4cccc(N[C@@H]5CN6CCC5CC6)n4)ccc3cn2)c1. The van der Waals surface area contributed by atoms with E-state index < -0.39 is 15.7 Å². The van der Waals surface area contributed by atoms with Gasteiger partial charge in [-0.2, -0.15) is 0 Å². The van der Waals surface area contributed by atoms with E-state index in [-0.39, 0.29) is 17.0 Å². The number of fused-ring (bicyclic) bond motifs is 4. The molecule has 1 amide bonds. The molecule has 2 bridgehead atoms. The minimum Gasteiger partial charge on any atom is -0.366 e. The van der Waals surface area contributed by atoms with E-state index in [1.165, 1.54) is 44.4 Å². The highest BCUT2D eigenvalue weighted by atomic mass is 32.2. The van der Waals surface area contributed by atoms with E-state index in [0.29, 0.717) is 17.7 Å². The van der Waals surface area contributed by atoms with Gasteiger partial charge in [0.05, 0.1) is 39.6 Å². The lowest BCUT2D eigenvalue weighted by Gasteiger charge is -2.45. The third-order valence-electron chi connectivity index (χ3n) is 7.46. The Morgan fingerprint density at radius 2 is 1.85 bits per heavy atom. The molecule has 4 aromatic heterocycles. The van der Waals surface area contributed by atoms with Crippen LogP contribution in [0.1, 0.15) is 28.9 Å². The van der Waals surface area contributed by atoms with Crippen molar-refractivity contribution in [1.29, 1.82) is 0 Å². The maximum atomic E-state index is 12.6. The number of amides is 1. The highest BCUT2D eigenvalue weighted by molar-refractivity contribution is 7.90. The summed E-state index contributed by atoms with van der Waals surface area (Å²) in [4.78, 5) is 33.1. The maximum Gasteiger partial charge on any atom is 0.253 e. The lowest BCUT2D eigenvalue weighted by atomic mass is 9.84. The van der Waals surface area contributed by atoms with Gasteiger partial charge in [-0.05, 0) is 68.2 Å². The van der Waals surface area contributed by atoms with Crippen LogP contribution in [0.2, 0.25) is 0 Å². The van der Waals surface area contributed by atoms with Crippen LogP contribution >= 0.6 is 0 Å². The lowest BCUT2D eigenvalue weighted by Crippen LogP contribution is -2.53. The van der Waals surface area contributed by atoms with Gasteiger partial charge < -0.3 is 15.5 Å². The summed E-state index contributed by atoms with van der Waals surface area (Å²) < 4.78 is 23.6. The Bertz CT molecular complexity index is 1650. The van der Waals surface area contributed by atoms with Gasteiger partial charge in [-0.15, -0.1) is 0 Å². The minimum atomic E-state index is -3.46. The van der Waals surface area contributed by atoms with Crippen molar-refractivity contribution in [2.75, 3.05) is 31.2 Å². The summed E-state index contributed by atoms with van der Waals surface area (Å²) >= 11 is 0. The molecule has 7 rings (SSSR count). The predicted octanol–water partition coefficient (Wildman–Crippen LogP) is 2.93. The number of nitrogens with zero attached hydrogens (tertiary/aromatic N) is 5. The average molecular weight is 544 g/mol. The fourth-order valence-corrected chi connectivity index (χ4v) is 5.89. The molecule has 0 spiro atoms. The number of hydrogen-bond acceptors (Lipinski definition) is 9. The Balaban J connectivity index is 1.17. The van der Waals surface area contributed by atoms with Gasteiger partial charge in [0, 0.05) is 42.8 Å². The number of anilines is 1. The maximum absolute atomic E-state index is 12.6. The summed E-state index contributed by atoms with van der Waals surface area (Å²) in [5.41, 5.74) is 3.07. The Kier molecular flexibility index (Phi) is 6.69. The molecule has 2 N–H and O–H groups in total. The first-order valence-electron chi connectivity index (χ1n) is 13.0. The lowest BCUT2D eigenvalue weighted by molar-refractivity contribution is 0.0950. The Hall–Kier alpha value is -3.96. The molecule has 0 radical (unpaired) electrons. The Morgan fingerprint density at radius 1 is 1.03 bits per heavy atom. The molecule has 200 valence electrons. The Labute approximate surface area is 226 Å². The van der Waals surface area contributed by atoms with Gasteiger partial charge in [0.1, 0.15) is 5.82 Å². The highest BCUT2D eigenvalue weighted by Crippen LogP contribution is 2.30. The third kappa shape index (κ3) is 5.59. The molecular weight excluding hydrogens is 514 g/mol. The number of sulfone groups is 1. The second kappa shape index (κ2) is 10.3. The average Bonchev–Trinajstić information content (AvgIpc) is 2.96. The van der Waals surface area contributed by atoms with E-state index in [4.69, 9.17) is 9.97 Å². The summed E-state index contributed by atoms with van der Waals surface area (Å²) in [6.07, 6.45) is 7.83. The summed E-state index contributed by atoms with van der Waals surface area (Å²) in [7, 11) is -3.46. The monoisotopic (exact) mass is 543 g/mol. The van der Waals surface area contributed by atoms with Crippen LogP contribution in [-0.4, -0.2) is 71.1 Å². The molecule has 4 aromatic rings. The van der Waals surface area contributed by atoms with Crippen molar-refractivity contribution in [1.82, 2.24) is 30.2 Å². The van der Waals surface area contributed by atoms with Crippen molar-refractivity contribution in [2.24, 2.45) is 5.92 Å². The fraction of sp³-hybridized carbons (Fsp3) is 0.321. The van der Waals surface area contributed by atoms with Crippen LogP contribution in [0.5, 0.6) is 0 Å². The number of carbonyl (C=O) groups excluding carboxylic acids is 1. The molecule has 39 heavy (non-hydrogen) atoms. The van der Waals surface area contributed by atoms with Crippen LogP contribution in [0, 0.1) is 5.92 Å². The smallest absolute Gasteiger partial charge is 0.253 e. The molecule has 3 fully saturated rings. The number of hydrogen-bond donors (Lipinski definition) is 2. The molecule has 3 saturated heterocycles. The number of carbonyl (C=O) groups is 1. The summed E-state index contributed by atoms with van der Waals surface area (Å²) in [5, 5.41) is 7.30. The molecule has 3 aliphatic rings. The van der Waals surface area contributed by atoms with Crippen LogP contribution in [0.15, 0.2) is 66.0 Å². The molecule has 1 atom stereocenters. The first kappa shape index (κ1) is 25.3. The molecule has 11 heteroatoms. The van der Waals surface area contributed by atoms with E-state index in [0.717, 1.165) is 40.9 Å². The van der Waals surface area contributed by atoms with Crippen molar-refractivity contribution >= 4 is 32.5 Å². The molecule has 0 aromatic carbocycles. The van der Waals surface area contributed by atoms with E-state index in [1.807, 2.05) is 36.4 Å². The van der Waals surface area contributed by atoms with Gasteiger partial charge in [0.2, 0.25) is 0 Å². The Morgan fingerprint density at radius 3 is 2.62 bits per heavy atom. The van der Waals surface area contributed by atoms with Crippen LogP contribution in [0.4, 0.5) is 5.82 Å². The van der Waals surface area contributed by atoms with Crippen molar-refractivity contribution in [3.8, 4) is 11.4 Å². The number of pyridine rings is 4. The molecule has 0 unspecified atom stereocenters. The van der Waals surface area contributed by atoms with Gasteiger partial charge in [-0.1, -0.05) is 6.07 Å². The summed E-state index contributed by atoms with van der Waals surface area (Å²) in [6.45, 7) is 3.62. The van der Waals surface area contributed by atoms with Gasteiger partial charge in [0.25, 0.3) is 5.91 Å². The van der Waals surface area contributed by atoms with Gasteiger partial charge in [0.15, 0.2) is 9.84 Å². The quantitative estimate of drug-likeness (QED) is 0.361. The molecule has 0 aliphatic carbocycles. The predicted molar refractivity (Wildman–Crippen MR) is 148 cm³/mol. The summed E-state index contributed by atoms with van der Waals surface area (Å²) in [5.74, 6) is 1.12. The van der Waals surface area contributed by atoms with Crippen LogP contribution in [0.3, 0.4) is 0 Å². The van der Waals surface area contributed by atoms with Crippen molar-refractivity contribution < 1.29 is 13.2 Å². The van der Waals surface area contributed by atoms with E-state index >= 15 is 0 Å². The second-order valence-corrected chi connectivity index (χ2v) is 12.2. The molecule has 10 nitrogen and oxygen atoms in total. The third-order valence-corrected chi connectivity index (χ3v) is 8.54. The zero-order valence-corrected chi connectivity index (χ0v) is 22.4. The number of rotatable bonds is 7. The normalized spacial score (nSPS) is 20.6. The number of nitrogens with one attached hydrogen (secondary N) is 2. The second-order valence-electron chi connectivity index (χ2n) is 10.2. The zero-order valence-electron chi connectivity index (χ0n) is 21.5. The number of piperidine rings is 3. The molecule has 7 heterocycles. The van der Waals surface area contributed by atoms with Gasteiger partial charge in [-0.3, -0.25) is 14.8 Å². The van der Waals surface area contributed by atoms with Gasteiger partial charge >= 0.3 is 0 Å². The fourth-order valence-electron chi connectivity index (χ4n) is 5.29. The van der Waals surface area contributed by atoms with E-state index in [9.17, 15) is 13.2 Å². The van der Waals surface area contributed by atoms with E-state index in [1.54, 1.807) is 6.20 Å². The van der Waals surface area contributed by atoms with Crippen LogP contribution < -0.4 is 10.6 Å². The van der Waals surface area contributed by atoms with E-state index in [2.05, 4.69) is 25.5 Å². The number of aromatic nitrogens is 4. The minimum absolute atomic E-state index is 0.00709. The topological polar surface area (TPSA) is 130 Å².